The van der Waals surface area contributed by atoms with Gasteiger partial charge in [0.05, 0.1) is 12.9 Å². The lowest BCUT2D eigenvalue weighted by Crippen LogP contribution is -2.09. The molecule has 0 spiro atoms. The van der Waals surface area contributed by atoms with Gasteiger partial charge in [-0.25, -0.2) is 14.6 Å². The molecule has 0 aliphatic carbocycles. The summed E-state index contributed by atoms with van der Waals surface area (Å²) >= 11 is 0. The topological polar surface area (TPSA) is 96.1 Å². The van der Waals surface area contributed by atoms with E-state index in [9.17, 15) is 0 Å². The fourth-order valence-corrected chi connectivity index (χ4v) is 1.53. The largest absolute Gasteiger partial charge is 0.314 e. The highest BCUT2D eigenvalue weighted by Gasteiger charge is 2.12. The van der Waals surface area contributed by atoms with E-state index in [1.54, 1.807) is 9.25 Å². The lowest BCUT2D eigenvalue weighted by molar-refractivity contribution is 0.590. The standard InChI is InChI=1S/C10H9N7/c1-2-17-10(13-6-15-17)5-16-7-14-8(3-11)9(16)4-12/h6-7H,2,5H2,1H3. The molecule has 0 N–H and O–H groups in total. The highest BCUT2D eigenvalue weighted by molar-refractivity contribution is 5.36. The second-order valence-electron chi connectivity index (χ2n) is 3.29. The van der Waals surface area contributed by atoms with Gasteiger partial charge >= 0.3 is 0 Å². The molecule has 7 nitrogen and oxygen atoms in total. The summed E-state index contributed by atoms with van der Waals surface area (Å²) in [4.78, 5) is 7.97. The van der Waals surface area contributed by atoms with Gasteiger partial charge in [-0.05, 0) is 6.92 Å². The molecule has 0 atom stereocenters. The average molecular weight is 227 g/mol. The van der Waals surface area contributed by atoms with Gasteiger partial charge in [0.2, 0.25) is 0 Å². The van der Waals surface area contributed by atoms with Crippen LogP contribution in [0.5, 0.6) is 0 Å². The number of hydrogen-bond donors (Lipinski definition) is 0. The summed E-state index contributed by atoms with van der Waals surface area (Å²) in [6.07, 6.45) is 2.93. The van der Waals surface area contributed by atoms with Gasteiger partial charge in [0.15, 0.2) is 11.4 Å². The molecule has 2 rings (SSSR count). The quantitative estimate of drug-likeness (QED) is 0.750. The van der Waals surface area contributed by atoms with Crippen LogP contribution < -0.4 is 0 Å². The van der Waals surface area contributed by atoms with Crippen LogP contribution in [0.2, 0.25) is 0 Å². The maximum atomic E-state index is 8.97. The summed E-state index contributed by atoms with van der Waals surface area (Å²) in [6, 6.07) is 3.84. The van der Waals surface area contributed by atoms with Gasteiger partial charge in [-0.15, -0.1) is 0 Å². The SMILES string of the molecule is CCn1ncnc1Cn1cnc(C#N)c1C#N. The van der Waals surface area contributed by atoms with Gasteiger partial charge in [-0.3, -0.25) is 0 Å². The maximum absolute atomic E-state index is 8.97. The number of aromatic nitrogens is 5. The average Bonchev–Trinajstić information content (AvgIpc) is 2.95. The van der Waals surface area contributed by atoms with E-state index in [1.165, 1.54) is 12.7 Å². The molecule has 0 aliphatic rings. The molecule has 2 aromatic heterocycles. The first-order valence-corrected chi connectivity index (χ1v) is 5.02. The maximum Gasteiger partial charge on any atom is 0.176 e. The van der Waals surface area contributed by atoms with Crippen LogP contribution in [0, 0.1) is 22.7 Å². The molecule has 2 aromatic rings. The van der Waals surface area contributed by atoms with E-state index >= 15 is 0 Å². The summed E-state index contributed by atoms with van der Waals surface area (Å²) in [5.74, 6) is 0.728. The molecule has 2 heterocycles. The Hall–Kier alpha value is -2.67. The van der Waals surface area contributed by atoms with Crippen molar-refractivity contribution < 1.29 is 0 Å². The van der Waals surface area contributed by atoms with Crippen LogP contribution >= 0.6 is 0 Å². The van der Waals surface area contributed by atoms with Crippen molar-refractivity contribution in [2.45, 2.75) is 20.0 Å². The Bertz CT molecular complexity index is 607. The van der Waals surface area contributed by atoms with Gasteiger partial charge in [0, 0.05) is 6.54 Å². The molecule has 17 heavy (non-hydrogen) atoms. The summed E-state index contributed by atoms with van der Waals surface area (Å²) in [6.45, 7) is 3.04. The number of imidazole rings is 1. The zero-order valence-electron chi connectivity index (χ0n) is 9.20. The first-order chi connectivity index (χ1) is 8.30. The highest BCUT2D eigenvalue weighted by Crippen LogP contribution is 2.07. The molecule has 0 radical (unpaired) electrons. The fraction of sp³-hybridized carbons (Fsp3) is 0.300. The van der Waals surface area contributed by atoms with Crippen LogP contribution in [0.1, 0.15) is 24.1 Å². The van der Waals surface area contributed by atoms with E-state index in [0.717, 1.165) is 5.82 Å². The molecule has 0 saturated carbocycles. The Labute approximate surface area is 97.6 Å². The first kappa shape index (κ1) is 10.8. The molecule has 84 valence electrons. The summed E-state index contributed by atoms with van der Waals surface area (Å²) < 4.78 is 3.32. The third-order valence-electron chi connectivity index (χ3n) is 2.36. The van der Waals surface area contributed by atoms with Crippen LogP contribution in [0.4, 0.5) is 0 Å². The third kappa shape index (κ3) is 1.86. The number of nitriles is 2. The highest BCUT2D eigenvalue weighted by atomic mass is 15.3. The smallest absolute Gasteiger partial charge is 0.176 e. The van der Waals surface area contributed by atoms with Crippen LogP contribution in [0.15, 0.2) is 12.7 Å². The van der Waals surface area contributed by atoms with E-state index in [-0.39, 0.29) is 11.4 Å². The van der Waals surface area contributed by atoms with E-state index in [4.69, 9.17) is 10.5 Å². The van der Waals surface area contributed by atoms with Gasteiger partial charge < -0.3 is 4.57 Å². The lowest BCUT2D eigenvalue weighted by atomic mass is 10.3. The van der Waals surface area contributed by atoms with Gasteiger partial charge in [0.1, 0.15) is 24.3 Å². The van der Waals surface area contributed by atoms with Crippen molar-refractivity contribution >= 4 is 0 Å². The molecule has 0 fully saturated rings. The molecule has 0 unspecified atom stereocenters. The number of rotatable bonds is 3. The lowest BCUT2D eigenvalue weighted by Gasteiger charge is -2.04. The van der Waals surface area contributed by atoms with Crippen molar-refractivity contribution in [2.75, 3.05) is 0 Å². The van der Waals surface area contributed by atoms with Crippen LogP contribution in [0.3, 0.4) is 0 Å². The zero-order valence-corrected chi connectivity index (χ0v) is 9.20. The summed E-state index contributed by atoms with van der Waals surface area (Å²) in [7, 11) is 0. The van der Waals surface area contributed by atoms with Gasteiger partial charge in [0.25, 0.3) is 0 Å². The van der Waals surface area contributed by atoms with Crippen molar-refractivity contribution in [1.82, 2.24) is 24.3 Å². The van der Waals surface area contributed by atoms with E-state index in [2.05, 4.69) is 15.1 Å². The third-order valence-corrected chi connectivity index (χ3v) is 2.36. The summed E-state index contributed by atoms with van der Waals surface area (Å²) in [5.41, 5.74) is 0.383. The molecule has 0 bridgehead atoms. The van der Waals surface area contributed by atoms with Gasteiger partial charge in [-0.2, -0.15) is 15.6 Å². The Balaban J connectivity index is 2.35. The van der Waals surface area contributed by atoms with Crippen LogP contribution in [0.25, 0.3) is 0 Å². The van der Waals surface area contributed by atoms with E-state index in [1.807, 2.05) is 19.1 Å². The fourth-order valence-electron chi connectivity index (χ4n) is 1.53. The van der Waals surface area contributed by atoms with Crippen molar-refractivity contribution in [1.29, 1.82) is 10.5 Å². The Kier molecular flexibility index (Phi) is 2.84. The Morgan fingerprint density at radius 2 is 2.12 bits per heavy atom. The molecule has 0 amide bonds. The first-order valence-electron chi connectivity index (χ1n) is 5.02. The van der Waals surface area contributed by atoms with Crippen LogP contribution in [-0.2, 0) is 13.1 Å². The van der Waals surface area contributed by atoms with E-state index < -0.39 is 0 Å². The normalized spacial score (nSPS) is 9.82. The molecule has 0 aliphatic heterocycles. The minimum absolute atomic E-state index is 0.134. The Morgan fingerprint density at radius 1 is 1.29 bits per heavy atom. The van der Waals surface area contributed by atoms with Gasteiger partial charge in [-0.1, -0.05) is 0 Å². The van der Waals surface area contributed by atoms with Crippen molar-refractivity contribution in [3.05, 3.63) is 29.9 Å². The van der Waals surface area contributed by atoms with Crippen molar-refractivity contribution in [3.8, 4) is 12.1 Å². The number of nitrogens with zero attached hydrogens (tertiary/aromatic N) is 7. The minimum Gasteiger partial charge on any atom is -0.314 e. The Morgan fingerprint density at radius 3 is 2.76 bits per heavy atom. The predicted octanol–water partition coefficient (Wildman–Crippen LogP) is 0.286. The van der Waals surface area contributed by atoms with Crippen molar-refractivity contribution in [3.63, 3.8) is 0 Å². The zero-order chi connectivity index (χ0) is 12.3. The molecule has 0 saturated heterocycles. The second kappa shape index (κ2) is 4.45. The molecule has 0 aromatic carbocycles. The van der Waals surface area contributed by atoms with Crippen LogP contribution in [-0.4, -0.2) is 24.3 Å². The predicted molar refractivity (Wildman–Crippen MR) is 56.5 cm³/mol. The second-order valence-corrected chi connectivity index (χ2v) is 3.29. The minimum atomic E-state index is 0.134. The molecular weight excluding hydrogens is 218 g/mol. The monoisotopic (exact) mass is 227 g/mol. The van der Waals surface area contributed by atoms with E-state index in [0.29, 0.717) is 13.1 Å². The molecule has 7 heteroatoms. The molecular formula is C10H9N7. The van der Waals surface area contributed by atoms with Crippen molar-refractivity contribution in [2.24, 2.45) is 0 Å². The summed E-state index contributed by atoms with van der Waals surface area (Å²) in [5, 5.41) is 21.8. The number of hydrogen-bond acceptors (Lipinski definition) is 5. The number of aryl methyl sites for hydroxylation is 1.